The highest BCUT2D eigenvalue weighted by Crippen LogP contribution is 2.24. The molecule has 0 bridgehead atoms. The van der Waals surface area contributed by atoms with Crippen molar-refractivity contribution in [2.45, 2.75) is 26.7 Å². The van der Waals surface area contributed by atoms with Crippen molar-refractivity contribution in [3.8, 4) is 5.82 Å². The van der Waals surface area contributed by atoms with Crippen molar-refractivity contribution in [3.05, 3.63) is 58.9 Å². The number of carbonyl (C=O) groups excluding carboxylic acids is 1. The van der Waals surface area contributed by atoms with E-state index in [-0.39, 0.29) is 11.8 Å². The predicted octanol–water partition coefficient (Wildman–Crippen LogP) is 3.79. The van der Waals surface area contributed by atoms with Gasteiger partial charge in [0.15, 0.2) is 11.6 Å². The summed E-state index contributed by atoms with van der Waals surface area (Å²) in [7, 11) is 0. The monoisotopic (exact) mass is 410 g/mol. The van der Waals surface area contributed by atoms with Gasteiger partial charge in [0, 0.05) is 35.4 Å². The second-order valence-electron chi connectivity index (χ2n) is 7.35. The molecule has 3 aromatic rings. The van der Waals surface area contributed by atoms with Crippen LogP contribution in [0.15, 0.2) is 42.5 Å². The number of hydrogen-bond donors (Lipinski definition) is 1. The van der Waals surface area contributed by atoms with Crippen molar-refractivity contribution in [1.29, 1.82) is 0 Å². The molecule has 1 aromatic carbocycles. The van der Waals surface area contributed by atoms with Crippen molar-refractivity contribution in [2.24, 2.45) is 5.92 Å². The first kappa shape index (κ1) is 19.4. The van der Waals surface area contributed by atoms with E-state index >= 15 is 0 Å². The van der Waals surface area contributed by atoms with Crippen molar-refractivity contribution in [3.63, 3.8) is 0 Å². The first-order valence-corrected chi connectivity index (χ1v) is 10.1. The number of carbonyl (C=O) groups is 1. The number of benzene rings is 1. The summed E-state index contributed by atoms with van der Waals surface area (Å²) in [6, 6.07) is 13.1. The molecule has 4 rings (SSSR count). The molecular formula is C21H23ClN6O. The summed E-state index contributed by atoms with van der Waals surface area (Å²) in [5.74, 6) is 1.57. The van der Waals surface area contributed by atoms with Gasteiger partial charge in [-0.15, -0.1) is 10.2 Å². The van der Waals surface area contributed by atoms with Crippen LogP contribution in [0.4, 0.5) is 11.5 Å². The van der Waals surface area contributed by atoms with E-state index in [2.05, 4.69) is 25.5 Å². The zero-order valence-electron chi connectivity index (χ0n) is 16.5. The first-order valence-electron chi connectivity index (χ1n) is 9.68. The van der Waals surface area contributed by atoms with Gasteiger partial charge in [-0.2, -0.15) is 5.10 Å². The average Bonchev–Trinajstić information content (AvgIpc) is 3.08. The van der Waals surface area contributed by atoms with E-state index in [0.29, 0.717) is 10.8 Å². The van der Waals surface area contributed by atoms with Crippen molar-refractivity contribution in [1.82, 2.24) is 20.0 Å². The van der Waals surface area contributed by atoms with E-state index in [1.54, 1.807) is 16.8 Å². The van der Waals surface area contributed by atoms with E-state index in [9.17, 15) is 4.79 Å². The molecular weight excluding hydrogens is 388 g/mol. The molecule has 8 heteroatoms. The SMILES string of the molecule is Cc1cc(C)n(-c2ccc(N3CCC(C(=O)Nc4ccc(Cl)cc4)CC3)nn2)n1. The van der Waals surface area contributed by atoms with Crippen LogP contribution < -0.4 is 10.2 Å². The average molecular weight is 411 g/mol. The number of halogens is 1. The highest BCUT2D eigenvalue weighted by atomic mass is 35.5. The van der Waals surface area contributed by atoms with Gasteiger partial charge in [-0.05, 0) is 69.2 Å². The third kappa shape index (κ3) is 4.40. The molecule has 1 amide bonds. The molecule has 0 atom stereocenters. The van der Waals surface area contributed by atoms with E-state index in [1.807, 2.05) is 44.2 Å². The molecule has 150 valence electrons. The minimum atomic E-state index is -0.0103. The van der Waals surface area contributed by atoms with Gasteiger partial charge in [0.1, 0.15) is 0 Å². The number of hydrogen-bond acceptors (Lipinski definition) is 5. The van der Waals surface area contributed by atoms with Gasteiger partial charge in [0.25, 0.3) is 0 Å². The normalized spacial score (nSPS) is 14.8. The van der Waals surface area contributed by atoms with Crippen LogP contribution in [0, 0.1) is 19.8 Å². The fourth-order valence-corrected chi connectivity index (χ4v) is 3.73. The lowest BCUT2D eigenvalue weighted by Crippen LogP contribution is -2.38. The smallest absolute Gasteiger partial charge is 0.227 e. The first-order chi connectivity index (χ1) is 14.0. The Hall–Kier alpha value is -2.93. The van der Waals surface area contributed by atoms with Crippen molar-refractivity contribution >= 4 is 29.0 Å². The fraction of sp³-hybridized carbons (Fsp3) is 0.333. The lowest BCUT2D eigenvalue weighted by molar-refractivity contribution is -0.120. The van der Waals surface area contributed by atoms with Crippen LogP contribution in [-0.2, 0) is 4.79 Å². The van der Waals surface area contributed by atoms with E-state index in [1.165, 1.54) is 0 Å². The summed E-state index contributed by atoms with van der Waals surface area (Å²) < 4.78 is 1.79. The number of aryl methyl sites for hydroxylation is 2. The molecule has 0 spiro atoms. The van der Waals surface area contributed by atoms with Crippen molar-refractivity contribution in [2.75, 3.05) is 23.3 Å². The van der Waals surface area contributed by atoms with Gasteiger partial charge in [-0.3, -0.25) is 4.79 Å². The van der Waals surface area contributed by atoms with Gasteiger partial charge in [-0.25, -0.2) is 4.68 Å². The van der Waals surface area contributed by atoms with Crippen LogP contribution in [0.5, 0.6) is 0 Å². The summed E-state index contributed by atoms with van der Waals surface area (Å²) in [6.45, 7) is 5.49. The Labute approximate surface area is 174 Å². The molecule has 1 aliphatic rings. The second-order valence-corrected chi connectivity index (χ2v) is 7.78. The van der Waals surface area contributed by atoms with Gasteiger partial charge in [0.2, 0.25) is 5.91 Å². The van der Waals surface area contributed by atoms with Crippen LogP contribution in [-0.4, -0.2) is 39.0 Å². The zero-order valence-corrected chi connectivity index (χ0v) is 17.2. The Morgan fingerprint density at radius 1 is 1.03 bits per heavy atom. The Bertz CT molecular complexity index is 991. The maximum Gasteiger partial charge on any atom is 0.227 e. The van der Waals surface area contributed by atoms with Gasteiger partial charge in [-0.1, -0.05) is 11.6 Å². The van der Waals surface area contributed by atoms with Gasteiger partial charge < -0.3 is 10.2 Å². The molecule has 0 radical (unpaired) electrons. The third-order valence-electron chi connectivity index (χ3n) is 5.16. The van der Waals surface area contributed by atoms with Crippen LogP contribution in [0.3, 0.4) is 0 Å². The molecule has 1 saturated heterocycles. The molecule has 1 N–H and O–H groups in total. The Balaban J connectivity index is 1.35. The van der Waals surface area contributed by atoms with Crippen molar-refractivity contribution < 1.29 is 4.79 Å². The number of anilines is 2. The second kappa shape index (κ2) is 8.21. The minimum Gasteiger partial charge on any atom is -0.355 e. The number of nitrogens with zero attached hydrogens (tertiary/aromatic N) is 5. The number of aromatic nitrogens is 4. The lowest BCUT2D eigenvalue weighted by atomic mass is 9.96. The number of amides is 1. The Morgan fingerprint density at radius 2 is 1.69 bits per heavy atom. The van der Waals surface area contributed by atoms with E-state index < -0.39 is 0 Å². The minimum absolute atomic E-state index is 0.0103. The maximum atomic E-state index is 12.5. The highest BCUT2D eigenvalue weighted by molar-refractivity contribution is 6.30. The van der Waals surface area contributed by atoms with E-state index in [4.69, 9.17) is 11.6 Å². The molecule has 2 aromatic heterocycles. The summed E-state index contributed by atoms with van der Waals surface area (Å²) in [4.78, 5) is 14.7. The molecule has 29 heavy (non-hydrogen) atoms. The lowest BCUT2D eigenvalue weighted by Gasteiger charge is -2.31. The molecule has 0 saturated carbocycles. The maximum absolute atomic E-state index is 12.5. The summed E-state index contributed by atoms with van der Waals surface area (Å²) in [6.07, 6.45) is 1.56. The van der Waals surface area contributed by atoms with Crippen LogP contribution in [0.25, 0.3) is 5.82 Å². The third-order valence-corrected chi connectivity index (χ3v) is 5.42. The largest absolute Gasteiger partial charge is 0.355 e. The quantitative estimate of drug-likeness (QED) is 0.708. The Morgan fingerprint density at radius 3 is 2.28 bits per heavy atom. The summed E-state index contributed by atoms with van der Waals surface area (Å²) in [5, 5.41) is 16.8. The van der Waals surface area contributed by atoms with Crippen LogP contribution in [0.2, 0.25) is 5.02 Å². The van der Waals surface area contributed by atoms with Crippen LogP contribution >= 0.6 is 11.6 Å². The molecule has 1 fully saturated rings. The summed E-state index contributed by atoms with van der Waals surface area (Å²) in [5.41, 5.74) is 2.75. The highest BCUT2D eigenvalue weighted by Gasteiger charge is 2.26. The zero-order chi connectivity index (χ0) is 20.4. The predicted molar refractivity (Wildman–Crippen MR) is 114 cm³/mol. The van der Waals surface area contributed by atoms with E-state index in [0.717, 1.165) is 48.8 Å². The topological polar surface area (TPSA) is 75.9 Å². The molecule has 7 nitrogen and oxygen atoms in total. The Kier molecular flexibility index (Phi) is 5.49. The molecule has 0 unspecified atom stereocenters. The standard InChI is InChI=1S/C21H23ClN6O/c1-14-13-15(2)28(26-14)20-8-7-19(24-25-20)27-11-9-16(10-12-27)21(29)23-18-5-3-17(22)4-6-18/h3-8,13,16H,9-12H2,1-2H3,(H,23,29). The molecule has 0 aliphatic carbocycles. The molecule has 1 aliphatic heterocycles. The number of rotatable bonds is 4. The molecule has 3 heterocycles. The summed E-state index contributed by atoms with van der Waals surface area (Å²) >= 11 is 5.89. The number of piperidine rings is 1. The number of nitrogens with one attached hydrogen (secondary N) is 1. The van der Waals surface area contributed by atoms with Gasteiger partial charge >= 0.3 is 0 Å². The fourth-order valence-electron chi connectivity index (χ4n) is 3.61. The van der Waals surface area contributed by atoms with Crippen LogP contribution in [0.1, 0.15) is 24.2 Å². The van der Waals surface area contributed by atoms with Gasteiger partial charge in [0.05, 0.1) is 5.69 Å².